The number of hydrogen-bond acceptors (Lipinski definition) is 6. The number of aromatic nitrogens is 4. The van der Waals surface area contributed by atoms with Gasteiger partial charge in [-0.25, -0.2) is 13.7 Å². The summed E-state index contributed by atoms with van der Waals surface area (Å²) in [4.78, 5) is 14.2. The molecule has 0 saturated heterocycles. The third-order valence-corrected chi connectivity index (χ3v) is 4.12. The molecule has 0 amide bonds. The first-order valence-electron chi connectivity index (χ1n) is 9.02. The molecular weight excluding hydrogens is 361 g/mol. The van der Waals surface area contributed by atoms with Crippen LogP contribution >= 0.6 is 0 Å². The summed E-state index contributed by atoms with van der Waals surface area (Å²) in [5.74, 6) is -0.879. The van der Waals surface area contributed by atoms with Crippen LogP contribution in [-0.4, -0.2) is 51.4 Å². The van der Waals surface area contributed by atoms with Crippen molar-refractivity contribution in [2.45, 2.75) is 20.3 Å². The molecule has 2 aromatic heterocycles. The molecule has 0 bridgehead atoms. The molecule has 0 unspecified atom stereocenters. The van der Waals surface area contributed by atoms with Crippen LogP contribution in [0.5, 0.6) is 0 Å². The monoisotopic (exact) mass is 383 g/mol. The van der Waals surface area contributed by atoms with E-state index in [0.717, 1.165) is 16.8 Å². The zero-order chi connectivity index (χ0) is 20.3. The summed E-state index contributed by atoms with van der Waals surface area (Å²) < 4.78 is 20.1. The molecule has 0 aliphatic heterocycles. The molecule has 0 aliphatic rings. The number of halogens is 1. The highest BCUT2D eigenvalue weighted by atomic mass is 19.1. The second-order valence-corrected chi connectivity index (χ2v) is 6.35. The van der Waals surface area contributed by atoms with Gasteiger partial charge in [-0.2, -0.15) is 5.10 Å². The van der Waals surface area contributed by atoms with Crippen molar-refractivity contribution in [3.63, 3.8) is 0 Å². The van der Waals surface area contributed by atoms with E-state index >= 15 is 0 Å². The topological polar surface area (TPSA) is 72.6 Å². The summed E-state index contributed by atoms with van der Waals surface area (Å²) in [6.45, 7) is 3.94. The fraction of sp³-hybridized carbons (Fsp3) is 0.300. The van der Waals surface area contributed by atoms with Crippen LogP contribution in [0, 0.1) is 5.82 Å². The first kappa shape index (κ1) is 19.5. The van der Waals surface area contributed by atoms with Crippen LogP contribution in [0.3, 0.4) is 0 Å². The second-order valence-electron chi connectivity index (χ2n) is 6.35. The average Bonchev–Trinajstić information content (AvgIpc) is 3.05. The molecule has 8 heteroatoms. The zero-order valence-electron chi connectivity index (χ0n) is 16.3. The van der Waals surface area contributed by atoms with Gasteiger partial charge in [-0.3, -0.25) is 0 Å². The van der Waals surface area contributed by atoms with Gasteiger partial charge in [0, 0.05) is 20.3 Å². The molecule has 0 aliphatic carbocycles. The standard InChI is InChI=1S/C20H22FN5O2/c1-5-15-17(13-7-9-14(21)10-8-13)19-23-22-18(20(27)28-6-2)16(26(19)24-15)11-12-25(3)4/h7-12H,5-6H2,1-4H3/b12-11+. The third kappa shape index (κ3) is 3.71. The van der Waals surface area contributed by atoms with Gasteiger partial charge in [-0.1, -0.05) is 19.1 Å². The van der Waals surface area contributed by atoms with Gasteiger partial charge >= 0.3 is 5.97 Å². The number of hydrogen-bond donors (Lipinski definition) is 0. The molecule has 0 radical (unpaired) electrons. The summed E-state index contributed by atoms with van der Waals surface area (Å²) in [7, 11) is 3.74. The van der Waals surface area contributed by atoms with Crippen LogP contribution in [0.4, 0.5) is 4.39 Å². The summed E-state index contributed by atoms with van der Waals surface area (Å²) in [6.07, 6.45) is 4.18. The minimum absolute atomic E-state index is 0.0864. The van der Waals surface area contributed by atoms with Crippen molar-refractivity contribution in [3.05, 3.63) is 53.4 Å². The maximum absolute atomic E-state index is 13.4. The molecule has 7 nitrogen and oxygen atoms in total. The van der Waals surface area contributed by atoms with Crippen molar-refractivity contribution in [1.82, 2.24) is 24.7 Å². The number of esters is 1. The Bertz CT molecular complexity index is 1030. The van der Waals surface area contributed by atoms with Gasteiger partial charge in [0.25, 0.3) is 0 Å². The molecule has 3 rings (SSSR count). The van der Waals surface area contributed by atoms with E-state index in [1.807, 2.05) is 25.9 Å². The van der Waals surface area contributed by atoms with Crippen LogP contribution in [0.1, 0.15) is 35.7 Å². The minimum Gasteiger partial charge on any atom is -0.461 e. The zero-order valence-corrected chi connectivity index (χ0v) is 16.3. The number of carbonyl (C=O) groups excluding carboxylic acids is 1. The predicted octanol–water partition coefficient (Wildman–Crippen LogP) is 3.20. The van der Waals surface area contributed by atoms with Crippen molar-refractivity contribution in [2.75, 3.05) is 20.7 Å². The molecule has 0 atom stereocenters. The van der Waals surface area contributed by atoms with Crippen LogP contribution < -0.4 is 0 Å². The fourth-order valence-corrected chi connectivity index (χ4v) is 2.84. The Morgan fingerprint density at radius 3 is 2.54 bits per heavy atom. The summed E-state index contributed by atoms with van der Waals surface area (Å²) >= 11 is 0. The lowest BCUT2D eigenvalue weighted by atomic mass is 10.0. The highest BCUT2D eigenvalue weighted by Crippen LogP contribution is 2.29. The van der Waals surface area contributed by atoms with E-state index in [4.69, 9.17) is 4.74 Å². The number of fused-ring (bicyclic) bond motifs is 1. The van der Waals surface area contributed by atoms with Crippen LogP contribution in [-0.2, 0) is 11.2 Å². The predicted molar refractivity (Wildman–Crippen MR) is 104 cm³/mol. The lowest BCUT2D eigenvalue weighted by Crippen LogP contribution is -2.14. The summed E-state index contributed by atoms with van der Waals surface area (Å²) in [6, 6.07) is 6.15. The first-order chi connectivity index (χ1) is 13.5. The Morgan fingerprint density at radius 2 is 1.93 bits per heavy atom. The van der Waals surface area contributed by atoms with Gasteiger partial charge in [0.2, 0.25) is 0 Å². The fourth-order valence-electron chi connectivity index (χ4n) is 2.84. The molecule has 146 valence electrons. The minimum atomic E-state index is -0.563. The molecular formula is C20H22FN5O2. The highest BCUT2D eigenvalue weighted by Gasteiger charge is 2.23. The Labute approximate surface area is 162 Å². The van der Waals surface area contributed by atoms with Crippen LogP contribution in [0.25, 0.3) is 22.9 Å². The normalized spacial score (nSPS) is 11.3. The number of carbonyl (C=O) groups is 1. The van der Waals surface area contributed by atoms with Gasteiger partial charge in [0.05, 0.1) is 17.9 Å². The van der Waals surface area contributed by atoms with Gasteiger partial charge in [0.1, 0.15) is 11.5 Å². The number of nitrogens with zero attached hydrogens (tertiary/aromatic N) is 5. The first-order valence-corrected chi connectivity index (χ1v) is 9.02. The van der Waals surface area contributed by atoms with E-state index < -0.39 is 5.97 Å². The van der Waals surface area contributed by atoms with Crippen molar-refractivity contribution in [2.24, 2.45) is 0 Å². The van der Waals surface area contributed by atoms with E-state index in [0.29, 0.717) is 17.8 Å². The average molecular weight is 383 g/mol. The van der Waals surface area contributed by atoms with E-state index in [1.165, 1.54) is 12.1 Å². The molecule has 3 aromatic rings. The van der Waals surface area contributed by atoms with Gasteiger partial charge in [-0.15, -0.1) is 10.2 Å². The molecule has 0 fully saturated rings. The number of ether oxygens (including phenoxy) is 1. The molecule has 0 spiro atoms. The van der Waals surface area contributed by atoms with Crippen LogP contribution in [0.15, 0.2) is 30.5 Å². The largest absolute Gasteiger partial charge is 0.461 e. The maximum atomic E-state index is 13.4. The smallest absolute Gasteiger partial charge is 0.361 e. The maximum Gasteiger partial charge on any atom is 0.361 e. The molecule has 0 saturated carbocycles. The number of aryl methyl sites for hydroxylation is 1. The SMILES string of the molecule is CCOC(=O)c1nnc2c(-c3ccc(F)cc3)c(CC)nn2c1/C=C/N(C)C. The second kappa shape index (κ2) is 8.16. The van der Waals surface area contributed by atoms with Gasteiger partial charge in [0.15, 0.2) is 11.3 Å². The number of benzene rings is 1. The quantitative estimate of drug-likeness (QED) is 0.609. The van der Waals surface area contributed by atoms with Gasteiger partial charge < -0.3 is 9.64 Å². The van der Waals surface area contributed by atoms with Crippen molar-refractivity contribution < 1.29 is 13.9 Å². The Morgan fingerprint density at radius 1 is 1.21 bits per heavy atom. The number of rotatable bonds is 6. The van der Waals surface area contributed by atoms with Gasteiger partial charge in [-0.05, 0) is 37.1 Å². The van der Waals surface area contributed by atoms with E-state index in [-0.39, 0.29) is 18.1 Å². The van der Waals surface area contributed by atoms with E-state index in [2.05, 4.69) is 15.3 Å². The van der Waals surface area contributed by atoms with Crippen molar-refractivity contribution in [3.8, 4) is 11.1 Å². The molecule has 28 heavy (non-hydrogen) atoms. The van der Waals surface area contributed by atoms with Crippen molar-refractivity contribution >= 4 is 17.7 Å². The van der Waals surface area contributed by atoms with Crippen molar-refractivity contribution in [1.29, 1.82) is 0 Å². The highest BCUT2D eigenvalue weighted by molar-refractivity contribution is 5.91. The summed E-state index contributed by atoms with van der Waals surface area (Å²) in [5, 5.41) is 13.0. The van der Waals surface area contributed by atoms with Crippen LogP contribution in [0.2, 0.25) is 0 Å². The Kier molecular flexibility index (Phi) is 5.67. The summed E-state index contributed by atoms with van der Waals surface area (Å²) in [5.41, 5.74) is 3.39. The molecule has 1 aromatic carbocycles. The molecule has 2 heterocycles. The third-order valence-electron chi connectivity index (χ3n) is 4.12. The Balaban J connectivity index is 2.29. The lowest BCUT2D eigenvalue weighted by molar-refractivity contribution is 0.0517. The van der Waals surface area contributed by atoms with E-state index in [9.17, 15) is 9.18 Å². The Hall–Kier alpha value is -3.29. The molecule has 0 N–H and O–H groups in total. The van der Waals surface area contributed by atoms with E-state index in [1.54, 1.807) is 35.8 Å². The lowest BCUT2D eigenvalue weighted by Gasteiger charge is -2.08.